The van der Waals surface area contributed by atoms with Gasteiger partial charge in [-0.05, 0) is 6.42 Å². The van der Waals surface area contributed by atoms with E-state index in [-0.39, 0.29) is 0 Å². The summed E-state index contributed by atoms with van der Waals surface area (Å²) in [6.45, 7) is 2.28. The summed E-state index contributed by atoms with van der Waals surface area (Å²) in [5.74, 6) is 1.76. The molecule has 0 amide bonds. The number of hydrogen-bond acceptors (Lipinski definition) is 0. The fourth-order valence-corrected chi connectivity index (χ4v) is 2.04. The highest BCUT2D eigenvalue weighted by molar-refractivity contribution is 6.23. The van der Waals surface area contributed by atoms with E-state index in [1.165, 1.54) is 70.6 Å². The summed E-state index contributed by atoms with van der Waals surface area (Å²) in [5.41, 5.74) is 0. The van der Waals surface area contributed by atoms with Crippen molar-refractivity contribution in [3.05, 3.63) is 5.88 Å². The van der Waals surface area contributed by atoms with E-state index in [4.69, 9.17) is 11.6 Å². The van der Waals surface area contributed by atoms with Gasteiger partial charge in [0.05, 0.1) is 0 Å². The lowest BCUT2D eigenvalue weighted by Gasteiger charge is -2.01. The van der Waals surface area contributed by atoms with Crippen molar-refractivity contribution >= 4 is 11.6 Å². The van der Waals surface area contributed by atoms with Gasteiger partial charge in [0.25, 0.3) is 0 Å². The lowest BCUT2D eigenvalue weighted by molar-refractivity contribution is 0.550. The monoisotopic (exact) mass is 231 g/mol. The van der Waals surface area contributed by atoms with Crippen molar-refractivity contribution in [3.8, 4) is 0 Å². The lowest BCUT2D eigenvalue weighted by atomic mass is 10.1. The third-order valence-corrected chi connectivity index (χ3v) is 3.14. The van der Waals surface area contributed by atoms with Crippen LogP contribution in [0.1, 0.15) is 84.0 Å². The number of unbranched alkanes of at least 4 members (excludes halogenated alkanes) is 11. The predicted octanol–water partition coefficient (Wildman–Crippen LogP) is 6.09. The molecule has 0 atom stereocenters. The second-order valence-electron chi connectivity index (χ2n) is 4.48. The van der Waals surface area contributed by atoms with Gasteiger partial charge in [0.2, 0.25) is 0 Å². The molecular weight excluding hydrogens is 204 g/mol. The van der Waals surface area contributed by atoms with Gasteiger partial charge in [0.15, 0.2) is 0 Å². The average molecular weight is 232 g/mol. The van der Waals surface area contributed by atoms with Gasteiger partial charge in [0.1, 0.15) is 0 Å². The summed E-state index contributed by atoms with van der Waals surface area (Å²) in [6.07, 6.45) is 16.6. The Balaban J connectivity index is 2.81. The molecular formula is C14H28Cl. The van der Waals surface area contributed by atoms with E-state index in [0.29, 0.717) is 0 Å². The summed E-state index contributed by atoms with van der Waals surface area (Å²) < 4.78 is 0. The molecule has 0 fully saturated rings. The van der Waals surface area contributed by atoms with Crippen molar-refractivity contribution < 1.29 is 0 Å². The highest BCUT2D eigenvalue weighted by Gasteiger charge is 1.92. The highest BCUT2D eigenvalue weighted by Crippen LogP contribution is 2.12. The molecule has 0 aromatic rings. The van der Waals surface area contributed by atoms with Gasteiger partial charge >= 0.3 is 0 Å². The maximum Gasteiger partial charge on any atom is 0.0499 e. The van der Waals surface area contributed by atoms with E-state index < -0.39 is 0 Å². The zero-order chi connectivity index (χ0) is 11.2. The van der Waals surface area contributed by atoms with Gasteiger partial charge in [-0.15, -0.1) is 11.6 Å². The van der Waals surface area contributed by atoms with Gasteiger partial charge in [-0.2, -0.15) is 0 Å². The Kier molecular flexibility index (Phi) is 14.6. The molecule has 1 radical (unpaired) electrons. The number of halogens is 1. The van der Waals surface area contributed by atoms with Crippen LogP contribution in [0.2, 0.25) is 0 Å². The highest BCUT2D eigenvalue weighted by atomic mass is 35.5. The summed E-state index contributed by atoms with van der Waals surface area (Å²) >= 11 is 5.50. The minimum atomic E-state index is 1.08. The summed E-state index contributed by atoms with van der Waals surface area (Å²) in [5, 5.41) is 0. The van der Waals surface area contributed by atoms with Gasteiger partial charge in [0, 0.05) is 5.88 Å². The lowest BCUT2D eigenvalue weighted by Crippen LogP contribution is -1.82. The fourth-order valence-electron chi connectivity index (χ4n) is 1.89. The van der Waals surface area contributed by atoms with Crippen molar-refractivity contribution in [2.75, 3.05) is 0 Å². The molecule has 0 heterocycles. The Hall–Kier alpha value is 0.290. The van der Waals surface area contributed by atoms with Crippen LogP contribution >= 0.6 is 11.6 Å². The largest absolute Gasteiger partial charge is 0.121 e. The second kappa shape index (κ2) is 14.3. The first-order chi connectivity index (χ1) is 7.41. The van der Waals surface area contributed by atoms with Crippen LogP contribution in [0.15, 0.2) is 0 Å². The molecule has 0 saturated carbocycles. The van der Waals surface area contributed by atoms with Crippen LogP contribution in [0.3, 0.4) is 0 Å². The molecule has 0 nitrogen and oxygen atoms in total. The van der Waals surface area contributed by atoms with Crippen LogP contribution < -0.4 is 0 Å². The van der Waals surface area contributed by atoms with Crippen LogP contribution in [-0.4, -0.2) is 0 Å². The van der Waals surface area contributed by atoms with Crippen LogP contribution in [0.5, 0.6) is 0 Å². The molecule has 0 aromatic carbocycles. The molecule has 91 valence electrons. The van der Waals surface area contributed by atoms with Crippen LogP contribution in [0, 0.1) is 5.88 Å². The minimum absolute atomic E-state index is 1.08. The second-order valence-corrected chi connectivity index (χ2v) is 4.79. The van der Waals surface area contributed by atoms with Gasteiger partial charge < -0.3 is 0 Å². The SMILES string of the molecule is CCCCCCCCCCCCC[CH]Cl. The maximum atomic E-state index is 5.50. The van der Waals surface area contributed by atoms with Crippen molar-refractivity contribution in [3.63, 3.8) is 0 Å². The van der Waals surface area contributed by atoms with Gasteiger partial charge in [-0.1, -0.05) is 77.6 Å². The average Bonchev–Trinajstić information content (AvgIpc) is 2.26. The van der Waals surface area contributed by atoms with Gasteiger partial charge in [-0.3, -0.25) is 0 Å². The topological polar surface area (TPSA) is 0 Å². The molecule has 0 rings (SSSR count). The molecule has 0 aliphatic heterocycles. The Labute approximate surface area is 102 Å². The quantitative estimate of drug-likeness (QED) is 0.357. The van der Waals surface area contributed by atoms with Crippen molar-refractivity contribution in [2.24, 2.45) is 0 Å². The Morgan fingerprint density at radius 3 is 1.47 bits per heavy atom. The van der Waals surface area contributed by atoms with Crippen molar-refractivity contribution in [1.29, 1.82) is 0 Å². The van der Waals surface area contributed by atoms with E-state index >= 15 is 0 Å². The minimum Gasteiger partial charge on any atom is -0.121 e. The summed E-state index contributed by atoms with van der Waals surface area (Å²) in [7, 11) is 0. The molecule has 0 spiro atoms. The molecule has 0 N–H and O–H groups in total. The molecule has 1 heteroatoms. The van der Waals surface area contributed by atoms with Crippen LogP contribution in [0.4, 0.5) is 0 Å². The smallest absolute Gasteiger partial charge is 0.0499 e. The maximum absolute atomic E-state index is 5.50. The third-order valence-electron chi connectivity index (χ3n) is 2.92. The molecule has 0 aliphatic carbocycles. The van der Waals surface area contributed by atoms with Gasteiger partial charge in [-0.25, -0.2) is 0 Å². The first kappa shape index (κ1) is 15.3. The Morgan fingerprint density at radius 1 is 0.667 bits per heavy atom. The van der Waals surface area contributed by atoms with Crippen molar-refractivity contribution in [1.82, 2.24) is 0 Å². The standard InChI is InChI=1S/C14H28Cl/c1-2-3-4-5-6-7-8-9-10-11-12-13-14-15/h14H,2-13H2,1H3. The molecule has 0 aromatic heterocycles. The summed E-state index contributed by atoms with van der Waals surface area (Å²) in [4.78, 5) is 0. The first-order valence-corrected chi connectivity index (χ1v) is 7.27. The molecule has 0 aliphatic rings. The Bertz CT molecular complexity index is 89.5. The molecule has 15 heavy (non-hydrogen) atoms. The van der Waals surface area contributed by atoms with E-state index in [1.807, 2.05) is 0 Å². The van der Waals surface area contributed by atoms with E-state index in [9.17, 15) is 0 Å². The zero-order valence-corrected chi connectivity index (χ0v) is 11.2. The van der Waals surface area contributed by atoms with E-state index in [0.717, 1.165) is 6.42 Å². The molecule has 0 bridgehead atoms. The van der Waals surface area contributed by atoms with Crippen LogP contribution in [0.25, 0.3) is 0 Å². The Morgan fingerprint density at radius 2 is 1.07 bits per heavy atom. The molecule has 0 saturated heterocycles. The third kappa shape index (κ3) is 14.3. The first-order valence-electron chi connectivity index (χ1n) is 6.83. The zero-order valence-electron chi connectivity index (χ0n) is 10.4. The molecule has 0 unspecified atom stereocenters. The number of rotatable bonds is 12. The summed E-state index contributed by atoms with van der Waals surface area (Å²) in [6, 6.07) is 0. The predicted molar refractivity (Wildman–Crippen MR) is 71.2 cm³/mol. The fraction of sp³-hybridized carbons (Fsp3) is 0.929. The van der Waals surface area contributed by atoms with E-state index in [2.05, 4.69) is 6.92 Å². The van der Waals surface area contributed by atoms with E-state index in [1.54, 1.807) is 5.88 Å². The normalized spacial score (nSPS) is 10.8. The van der Waals surface area contributed by atoms with Crippen LogP contribution in [-0.2, 0) is 0 Å². The van der Waals surface area contributed by atoms with Crippen molar-refractivity contribution in [2.45, 2.75) is 84.0 Å². The number of hydrogen-bond donors (Lipinski definition) is 0.